The molecule has 0 radical (unpaired) electrons. The summed E-state index contributed by atoms with van der Waals surface area (Å²) in [5.74, 6) is -3.95. The van der Waals surface area contributed by atoms with Crippen LogP contribution in [0.25, 0.3) is 0 Å². The molecule has 3 aliphatic rings. The first-order valence-electron chi connectivity index (χ1n) is 12.0. The number of nitrogens with two attached hydrogens (primary N) is 3. The van der Waals surface area contributed by atoms with Crippen LogP contribution in [0, 0.1) is 0 Å². The third-order valence-corrected chi connectivity index (χ3v) is 6.84. The summed E-state index contributed by atoms with van der Waals surface area (Å²) in [4.78, 5) is 11.7. The summed E-state index contributed by atoms with van der Waals surface area (Å²) in [7, 11) is 0. The van der Waals surface area contributed by atoms with Gasteiger partial charge in [0.05, 0.1) is 31.3 Å². The van der Waals surface area contributed by atoms with E-state index >= 15 is 0 Å². The highest BCUT2D eigenvalue weighted by atomic mass is 16.8. The van der Waals surface area contributed by atoms with Gasteiger partial charge in [-0.1, -0.05) is 0 Å². The lowest BCUT2D eigenvalue weighted by molar-refractivity contribution is -0.399. The Morgan fingerprint density at radius 3 is 1.79 bits per heavy atom. The molecule has 0 bridgehead atoms. The van der Waals surface area contributed by atoms with Crippen molar-refractivity contribution in [1.82, 2.24) is 0 Å². The molecule has 0 amide bonds. The van der Waals surface area contributed by atoms with E-state index in [2.05, 4.69) is 0 Å². The maximum absolute atomic E-state index is 11.7. The van der Waals surface area contributed by atoms with Gasteiger partial charge < -0.3 is 91.6 Å². The smallest absolute Gasteiger partial charge is 0.334 e. The van der Waals surface area contributed by atoms with Crippen LogP contribution in [0.1, 0.15) is 0 Å². The largest absolute Gasteiger partial charge is 0.426 e. The highest BCUT2D eigenvalue weighted by Gasteiger charge is 2.58. The van der Waals surface area contributed by atoms with E-state index in [4.69, 9.17) is 50.7 Å². The van der Waals surface area contributed by atoms with Gasteiger partial charge in [-0.05, 0) is 0 Å². The minimum Gasteiger partial charge on any atom is -0.426 e. The van der Waals surface area contributed by atoms with Gasteiger partial charge >= 0.3 is 5.97 Å². The Morgan fingerprint density at radius 1 is 0.744 bits per heavy atom. The maximum Gasteiger partial charge on any atom is 0.334 e. The van der Waals surface area contributed by atoms with Crippen LogP contribution in [0.15, 0.2) is 0 Å². The molecule has 3 rings (SSSR count). The number of carbonyl (C=O) groups is 1. The van der Waals surface area contributed by atoms with Crippen molar-refractivity contribution in [3.05, 3.63) is 0 Å². The molecule has 0 saturated carbocycles. The molecular weight excluding hydrogens is 538 g/mol. The Kier molecular flexibility index (Phi) is 10.9. The number of ether oxygens (including phenoxy) is 6. The van der Waals surface area contributed by atoms with Crippen LogP contribution in [0.2, 0.25) is 0 Å². The predicted molar refractivity (Wildman–Crippen MR) is 119 cm³/mol. The number of esters is 1. The van der Waals surface area contributed by atoms with Crippen molar-refractivity contribution in [2.24, 2.45) is 17.2 Å². The zero-order chi connectivity index (χ0) is 29.2. The van der Waals surface area contributed by atoms with Gasteiger partial charge in [-0.3, -0.25) is 0 Å². The molecule has 3 fully saturated rings. The van der Waals surface area contributed by atoms with Crippen LogP contribution in [-0.4, -0.2) is 170 Å². The van der Waals surface area contributed by atoms with Crippen molar-refractivity contribution in [3.8, 4) is 0 Å². The van der Waals surface area contributed by atoms with Gasteiger partial charge in [0.1, 0.15) is 62.0 Å². The molecule has 19 heteroatoms. The van der Waals surface area contributed by atoms with Crippen LogP contribution in [0.3, 0.4) is 0 Å². The standard InChI is InChI=1S/C20H37N3O16/c21-8-11(29)14(5(1-24)34-17(8)33)36-18-9(22)12(30)15(6(2-25)35-18)37-19-10(23)13(31)16(32)20(4-27,39-19)38-7(28)3-26/h5-6,8-19,24-27,29-33H,1-4,21-23H2/t5-,6-,8-,9-,10-,11-,12-,13-,14?,15?,16?,17-,18+,19+,20+/m1/s1. The summed E-state index contributed by atoms with van der Waals surface area (Å²) in [6.45, 7) is -3.90. The van der Waals surface area contributed by atoms with Crippen LogP contribution in [0.4, 0.5) is 0 Å². The first-order valence-corrected chi connectivity index (χ1v) is 12.0. The summed E-state index contributed by atoms with van der Waals surface area (Å²) < 4.78 is 32.2. The third kappa shape index (κ3) is 6.34. The van der Waals surface area contributed by atoms with Gasteiger partial charge in [0.25, 0.3) is 5.79 Å². The minimum atomic E-state index is -2.62. The number of rotatable bonds is 9. The fraction of sp³-hybridized carbons (Fsp3) is 0.950. The fourth-order valence-corrected chi connectivity index (χ4v) is 4.53. The average Bonchev–Trinajstić information content (AvgIpc) is 2.93. The van der Waals surface area contributed by atoms with Crippen molar-refractivity contribution in [2.75, 3.05) is 26.4 Å². The lowest BCUT2D eigenvalue weighted by Gasteiger charge is -2.50. The van der Waals surface area contributed by atoms with Crippen molar-refractivity contribution < 1.29 is 79.2 Å². The third-order valence-electron chi connectivity index (χ3n) is 6.84. The number of hydrogen-bond donors (Lipinski definition) is 12. The van der Waals surface area contributed by atoms with E-state index < -0.39 is 124 Å². The van der Waals surface area contributed by atoms with Gasteiger partial charge in [0, 0.05) is 0 Å². The molecule has 3 saturated heterocycles. The molecule has 3 unspecified atom stereocenters. The van der Waals surface area contributed by atoms with E-state index in [-0.39, 0.29) is 0 Å². The fourth-order valence-electron chi connectivity index (χ4n) is 4.53. The molecule has 0 spiro atoms. The molecule has 228 valence electrons. The molecule has 0 aliphatic carbocycles. The van der Waals surface area contributed by atoms with Gasteiger partial charge in [-0.15, -0.1) is 0 Å². The van der Waals surface area contributed by atoms with E-state index in [1.165, 1.54) is 0 Å². The van der Waals surface area contributed by atoms with Crippen LogP contribution in [0.5, 0.6) is 0 Å². The second-order valence-electron chi connectivity index (χ2n) is 9.41. The number of carbonyl (C=O) groups excluding carboxylic acids is 1. The Morgan fingerprint density at radius 2 is 1.26 bits per heavy atom. The topological polar surface area (TPSA) is 333 Å². The van der Waals surface area contributed by atoms with Crippen molar-refractivity contribution >= 4 is 5.97 Å². The summed E-state index contributed by atoms with van der Waals surface area (Å²) in [6.07, 6.45) is -17.9. The molecule has 15 N–H and O–H groups in total. The molecular formula is C20H37N3O16. The van der Waals surface area contributed by atoms with Crippen molar-refractivity contribution in [1.29, 1.82) is 0 Å². The molecule has 15 atom stereocenters. The number of aliphatic hydroxyl groups excluding tert-OH is 9. The monoisotopic (exact) mass is 575 g/mol. The van der Waals surface area contributed by atoms with Crippen molar-refractivity contribution in [2.45, 2.75) is 91.6 Å². The lowest BCUT2D eigenvalue weighted by Crippen LogP contribution is -2.72. The highest BCUT2D eigenvalue weighted by molar-refractivity contribution is 5.70. The number of aliphatic hydroxyl groups is 9. The summed E-state index contributed by atoms with van der Waals surface area (Å²) >= 11 is 0. The first kappa shape index (κ1) is 32.3. The van der Waals surface area contributed by atoms with Gasteiger partial charge in [-0.25, -0.2) is 4.79 Å². The van der Waals surface area contributed by atoms with E-state index in [0.717, 1.165) is 0 Å². The molecule has 0 aromatic rings. The Balaban J connectivity index is 1.78. The molecule has 0 aromatic carbocycles. The van der Waals surface area contributed by atoms with Gasteiger partial charge in [-0.2, -0.15) is 0 Å². The maximum atomic E-state index is 11.7. The highest BCUT2D eigenvalue weighted by Crippen LogP contribution is 2.34. The Hall–Kier alpha value is -1.21. The zero-order valence-electron chi connectivity index (χ0n) is 20.5. The summed E-state index contributed by atoms with van der Waals surface area (Å²) in [5, 5.41) is 90.2. The Bertz CT molecular complexity index is 811. The lowest BCUT2D eigenvalue weighted by atomic mass is 9.93. The zero-order valence-corrected chi connectivity index (χ0v) is 20.5. The molecule has 3 aliphatic heterocycles. The van der Waals surface area contributed by atoms with E-state index in [1.54, 1.807) is 0 Å². The van der Waals surface area contributed by atoms with Crippen LogP contribution >= 0.6 is 0 Å². The molecule has 0 aromatic heterocycles. The van der Waals surface area contributed by atoms with Gasteiger partial charge in [0.15, 0.2) is 18.9 Å². The van der Waals surface area contributed by atoms with Crippen molar-refractivity contribution in [3.63, 3.8) is 0 Å². The van der Waals surface area contributed by atoms with Crippen LogP contribution < -0.4 is 17.2 Å². The second kappa shape index (κ2) is 13.2. The van der Waals surface area contributed by atoms with Gasteiger partial charge in [0.2, 0.25) is 0 Å². The second-order valence-corrected chi connectivity index (χ2v) is 9.41. The summed E-state index contributed by atoms with van der Waals surface area (Å²) in [5.41, 5.74) is 17.6. The molecule has 39 heavy (non-hydrogen) atoms. The van der Waals surface area contributed by atoms with E-state index in [0.29, 0.717) is 0 Å². The minimum absolute atomic E-state index is 0.705. The quantitative estimate of drug-likeness (QED) is 0.113. The summed E-state index contributed by atoms with van der Waals surface area (Å²) in [6, 6.07) is -4.35. The predicted octanol–water partition coefficient (Wildman–Crippen LogP) is -8.81. The average molecular weight is 576 g/mol. The SMILES string of the molecule is N[C@H]1[C@H](OC2[C@@H](CO)O[C@@H](O)[C@H](N)[C@H]2O)O[C@H](CO)C(O[C@H]2O[C@](CO)(OC(=O)CO)C(O)[C@H](O)[C@H]2N)[C@@H]1O. The normalized spacial score (nSPS) is 49.0. The Labute approximate surface area is 221 Å². The first-order chi connectivity index (χ1) is 18.3. The molecule has 19 nitrogen and oxygen atoms in total. The molecule has 3 heterocycles. The van der Waals surface area contributed by atoms with E-state index in [1.807, 2.05) is 0 Å². The number of hydrogen-bond acceptors (Lipinski definition) is 19. The van der Waals surface area contributed by atoms with Crippen LogP contribution in [-0.2, 0) is 33.2 Å². The van der Waals surface area contributed by atoms with E-state index in [9.17, 15) is 45.6 Å².